The molecule has 0 atom stereocenters. The van der Waals surface area contributed by atoms with Crippen LogP contribution in [0.25, 0.3) is 0 Å². The highest BCUT2D eigenvalue weighted by molar-refractivity contribution is 6.31. The van der Waals surface area contributed by atoms with E-state index < -0.39 is 16.9 Å². The Labute approximate surface area is 76.6 Å². The molecule has 1 rings (SSSR count). The van der Waals surface area contributed by atoms with Crippen molar-refractivity contribution in [2.24, 2.45) is 0 Å². The number of alkyl halides is 3. The average Bonchev–Trinajstić information content (AvgIpc) is 2.01. The minimum Gasteiger partial charge on any atom is -0.249 e. The largest absolute Gasteiger partial charge is 0.434 e. The summed E-state index contributed by atoms with van der Waals surface area (Å²) in [4.78, 5) is 3.04. The molecule has 0 fully saturated rings. The summed E-state index contributed by atoms with van der Waals surface area (Å²) in [5.41, 5.74) is -1.17. The Morgan fingerprint density at radius 1 is 1.46 bits per heavy atom. The van der Waals surface area contributed by atoms with Gasteiger partial charge in [0.25, 0.3) is 0 Å². The van der Waals surface area contributed by atoms with E-state index >= 15 is 0 Å². The summed E-state index contributed by atoms with van der Waals surface area (Å²) in [6, 6.07) is 2.56. The third-order valence-corrected chi connectivity index (χ3v) is 1.53. The van der Waals surface area contributed by atoms with E-state index in [0.29, 0.717) is 0 Å². The van der Waals surface area contributed by atoms with Gasteiger partial charge in [-0.05, 0) is 6.07 Å². The molecule has 0 radical (unpaired) electrons. The van der Waals surface area contributed by atoms with Gasteiger partial charge in [-0.2, -0.15) is 18.4 Å². The third-order valence-electron chi connectivity index (χ3n) is 1.24. The number of nitrogens with zero attached hydrogens (tertiary/aromatic N) is 2. The van der Waals surface area contributed by atoms with Crippen LogP contribution in [0.1, 0.15) is 11.3 Å². The van der Waals surface area contributed by atoms with Crippen LogP contribution in [0.5, 0.6) is 0 Å². The molecule has 0 amide bonds. The molecule has 0 N–H and O–H groups in total. The van der Waals surface area contributed by atoms with Crippen LogP contribution in [-0.2, 0) is 6.18 Å². The second-order valence-electron chi connectivity index (χ2n) is 2.16. The molecule has 0 bridgehead atoms. The molecule has 0 saturated carbocycles. The molecule has 1 aromatic heterocycles. The smallest absolute Gasteiger partial charge is 0.249 e. The van der Waals surface area contributed by atoms with Gasteiger partial charge in [-0.25, -0.2) is 4.98 Å². The Kier molecular flexibility index (Phi) is 2.43. The summed E-state index contributed by atoms with van der Waals surface area (Å²) in [6.45, 7) is 0. The van der Waals surface area contributed by atoms with Crippen molar-refractivity contribution in [3.63, 3.8) is 0 Å². The monoisotopic (exact) mass is 206 g/mol. The van der Waals surface area contributed by atoms with Crippen LogP contribution < -0.4 is 0 Å². The number of hydrogen-bond acceptors (Lipinski definition) is 2. The van der Waals surface area contributed by atoms with Gasteiger partial charge in [0.1, 0.15) is 6.07 Å². The van der Waals surface area contributed by atoms with E-state index in [-0.39, 0.29) is 5.56 Å². The first kappa shape index (κ1) is 9.81. The average molecular weight is 207 g/mol. The van der Waals surface area contributed by atoms with E-state index in [9.17, 15) is 13.2 Å². The van der Waals surface area contributed by atoms with E-state index in [1.807, 2.05) is 0 Å². The van der Waals surface area contributed by atoms with Crippen LogP contribution in [0, 0.1) is 11.3 Å². The van der Waals surface area contributed by atoms with Crippen molar-refractivity contribution in [2.45, 2.75) is 6.18 Å². The van der Waals surface area contributed by atoms with Gasteiger partial charge in [-0.1, -0.05) is 11.6 Å². The van der Waals surface area contributed by atoms with E-state index in [0.717, 1.165) is 12.3 Å². The summed E-state index contributed by atoms with van der Waals surface area (Å²) in [5.74, 6) is 0. The molecule has 6 heteroatoms. The normalized spacial score (nSPS) is 11.0. The zero-order valence-electron chi connectivity index (χ0n) is 6.06. The first-order chi connectivity index (χ1) is 5.95. The molecule has 68 valence electrons. The Balaban J connectivity index is 3.23. The quantitative estimate of drug-likeness (QED) is 0.654. The highest BCUT2D eigenvalue weighted by Gasteiger charge is 2.35. The zero-order valence-corrected chi connectivity index (χ0v) is 6.82. The highest BCUT2D eigenvalue weighted by Crippen LogP contribution is 2.32. The number of rotatable bonds is 0. The molecule has 0 aliphatic rings. The molecular weight excluding hydrogens is 205 g/mol. The van der Waals surface area contributed by atoms with Gasteiger partial charge >= 0.3 is 6.18 Å². The molecule has 13 heavy (non-hydrogen) atoms. The zero-order chi connectivity index (χ0) is 10.1. The maximum Gasteiger partial charge on any atom is 0.434 e. The first-order valence-corrected chi connectivity index (χ1v) is 3.46. The second kappa shape index (κ2) is 3.23. The van der Waals surface area contributed by atoms with Crippen molar-refractivity contribution in [2.75, 3.05) is 0 Å². The van der Waals surface area contributed by atoms with Crippen LogP contribution in [0.4, 0.5) is 13.2 Å². The predicted octanol–water partition coefficient (Wildman–Crippen LogP) is 2.63. The van der Waals surface area contributed by atoms with Gasteiger partial charge in [-0.3, -0.25) is 0 Å². The van der Waals surface area contributed by atoms with Crippen molar-refractivity contribution < 1.29 is 13.2 Å². The maximum atomic E-state index is 12.1. The number of aromatic nitrogens is 1. The van der Waals surface area contributed by atoms with Crippen LogP contribution in [0.3, 0.4) is 0 Å². The third kappa shape index (κ3) is 2.10. The number of pyridine rings is 1. The lowest BCUT2D eigenvalue weighted by Crippen LogP contribution is -2.08. The van der Waals surface area contributed by atoms with E-state index in [1.54, 1.807) is 6.07 Å². The summed E-state index contributed by atoms with van der Waals surface area (Å²) in [6.07, 6.45) is -3.75. The molecule has 0 aliphatic heterocycles. The molecule has 2 nitrogen and oxygen atoms in total. The van der Waals surface area contributed by atoms with Gasteiger partial charge < -0.3 is 0 Å². The molecule has 0 aliphatic carbocycles. The Morgan fingerprint density at radius 3 is 2.46 bits per heavy atom. The fourth-order valence-electron chi connectivity index (χ4n) is 0.708. The fraction of sp³-hybridized carbons (Fsp3) is 0.143. The van der Waals surface area contributed by atoms with Crippen molar-refractivity contribution in [1.82, 2.24) is 4.98 Å². The van der Waals surface area contributed by atoms with Crippen molar-refractivity contribution in [3.05, 3.63) is 28.5 Å². The van der Waals surface area contributed by atoms with Gasteiger partial charge in [0.15, 0.2) is 5.69 Å². The second-order valence-corrected chi connectivity index (χ2v) is 2.57. The van der Waals surface area contributed by atoms with Crippen molar-refractivity contribution >= 4 is 11.6 Å². The molecule has 0 spiro atoms. The number of hydrogen-bond donors (Lipinski definition) is 0. The number of halogens is 4. The van der Waals surface area contributed by atoms with Crippen LogP contribution in [-0.4, -0.2) is 4.98 Å². The van der Waals surface area contributed by atoms with Crippen LogP contribution in [0.15, 0.2) is 12.3 Å². The lowest BCUT2D eigenvalue weighted by atomic mass is 10.2. The van der Waals surface area contributed by atoms with Crippen molar-refractivity contribution in [3.8, 4) is 6.07 Å². The van der Waals surface area contributed by atoms with E-state index in [2.05, 4.69) is 4.98 Å². The van der Waals surface area contributed by atoms with Gasteiger partial charge in [0.05, 0.1) is 10.6 Å². The first-order valence-electron chi connectivity index (χ1n) is 3.08. The molecule has 0 unspecified atom stereocenters. The lowest BCUT2D eigenvalue weighted by Gasteiger charge is -2.06. The summed E-state index contributed by atoms with van der Waals surface area (Å²) in [5, 5.41) is 7.76. The Bertz CT molecular complexity index is 367. The van der Waals surface area contributed by atoms with E-state index in [4.69, 9.17) is 16.9 Å². The SMILES string of the molecule is N#Cc1cnc(C(F)(F)F)c(Cl)c1. The summed E-state index contributed by atoms with van der Waals surface area (Å²) < 4.78 is 36.2. The molecular formula is C7H2ClF3N2. The Morgan fingerprint density at radius 2 is 2.08 bits per heavy atom. The summed E-state index contributed by atoms with van der Waals surface area (Å²) >= 11 is 5.26. The topological polar surface area (TPSA) is 36.7 Å². The molecule has 0 aromatic carbocycles. The van der Waals surface area contributed by atoms with Gasteiger partial charge in [0.2, 0.25) is 0 Å². The maximum absolute atomic E-state index is 12.1. The predicted molar refractivity (Wildman–Crippen MR) is 39.0 cm³/mol. The highest BCUT2D eigenvalue weighted by atomic mass is 35.5. The molecule has 1 heterocycles. The molecule has 1 aromatic rings. The van der Waals surface area contributed by atoms with Crippen LogP contribution >= 0.6 is 11.6 Å². The molecule has 0 saturated heterocycles. The summed E-state index contributed by atoms with van der Waals surface area (Å²) in [7, 11) is 0. The van der Waals surface area contributed by atoms with Gasteiger partial charge in [-0.15, -0.1) is 0 Å². The standard InChI is InChI=1S/C7H2ClF3N2/c8-5-1-4(2-12)3-13-6(5)7(9,10)11/h1,3H. The fourth-order valence-corrected chi connectivity index (χ4v) is 0.981. The minimum absolute atomic E-state index is 0.00185. The number of nitriles is 1. The van der Waals surface area contributed by atoms with Crippen molar-refractivity contribution in [1.29, 1.82) is 5.26 Å². The Hall–Kier alpha value is -1.28. The van der Waals surface area contributed by atoms with Gasteiger partial charge in [0, 0.05) is 6.20 Å². The van der Waals surface area contributed by atoms with E-state index in [1.165, 1.54) is 0 Å². The van der Waals surface area contributed by atoms with Crippen LogP contribution in [0.2, 0.25) is 5.02 Å². The lowest BCUT2D eigenvalue weighted by molar-refractivity contribution is -0.141. The minimum atomic E-state index is -4.58.